The number of carbonyl (C=O) groups excluding carboxylic acids is 1. The smallest absolute Gasteiger partial charge is 0.261 e. The molecule has 2 aromatic rings. The average molecular weight is 375 g/mol. The lowest BCUT2D eigenvalue weighted by atomic mass is 10.1. The number of nitrogens with zero attached hydrogens (tertiary/aromatic N) is 1. The third kappa shape index (κ3) is 4.01. The van der Waals surface area contributed by atoms with E-state index in [1.165, 1.54) is 40.7 Å². The van der Waals surface area contributed by atoms with E-state index < -0.39 is 22.0 Å². The van der Waals surface area contributed by atoms with E-state index in [2.05, 4.69) is 9.71 Å². The van der Waals surface area contributed by atoms with Crippen LogP contribution in [0.25, 0.3) is 10.2 Å². The summed E-state index contributed by atoms with van der Waals surface area (Å²) in [6, 6.07) is 3.55. The van der Waals surface area contributed by atoms with Gasteiger partial charge >= 0.3 is 0 Å². The number of hydrogen-bond donors (Lipinski definition) is 3. The number of benzene rings is 1. The van der Waals surface area contributed by atoms with Crippen LogP contribution < -0.4 is 10.2 Å². The molecular formula is C13H17N3O4S3. The fourth-order valence-corrected chi connectivity index (χ4v) is 4.91. The van der Waals surface area contributed by atoms with Crippen molar-refractivity contribution in [1.82, 2.24) is 15.2 Å². The first-order valence-electron chi connectivity index (χ1n) is 6.69. The second kappa shape index (κ2) is 7.14. The number of rotatable bonds is 6. The van der Waals surface area contributed by atoms with Gasteiger partial charge in [-0.25, -0.2) is 18.9 Å². The van der Waals surface area contributed by atoms with Gasteiger partial charge in [0, 0.05) is 0 Å². The maximum absolute atomic E-state index is 12.5. The number of hydroxylamine groups is 1. The number of fused-ring (bicyclic) bond motifs is 1. The molecule has 126 valence electrons. The highest BCUT2D eigenvalue weighted by Gasteiger charge is 2.28. The fourth-order valence-electron chi connectivity index (χ4n) is 1.94. The first kappa shape index (κ1) is 18.1. The minimum Gasteiger partial charge on any atom is -0.289 e. The van der Waals surface area contributed by atoms with Crippen LogP contribution in [-0.4, -0.2) is 36.8 Å². The van der Waals surface area contributed by atoms with Crippen molar-refractivity contribution >= 4 is 49.2 Å². The molecule has 0 unspecified atom stereocenters. The Kier molecular flexibility index (Phi) is 5.63. The molecule has 1 atom stereocenters. The van der Waals surface area contributed by atoms with Gasteiger partial charge < -0.3 is 0 Å². The number of hydrogen-bond acceptors (Lipinski definition) is 7. The molecule has 1 aromatic carbocycles. The van der Waals surface area contributed by atoms with Crippen LogP contribution in [0.3, 0.4) is 0 Å². The highest BCUT2D eigenvalue weighted by atomic mass is 32.2. The quantitative estimate of drug-likeness (QED) is 0.404. The second-order valence-electron chi connectivity index (χ2n) is 5.13. The standard InChI is InChI=1S/C13H17N3O4S3/c1-7(2)11(12(17)15-18)16-23(19,20)8-4-5-9-10(6-8)22-13(14-9)21-3/h4-7,11,16,18H,1-3H3,(H,15,17)/t11-/m1/s1. The van der Waals surface area contributed by atoms with E-state index in [9.17, 15) is 13.2 Å². The highest BCUT2D eigenvalue weighted by molar-refractivity contribution is 8.00. The van der Waals surface area contributed by atoms with E-state index in [1.807, 2.05) is 6.26 Å². The number of carbonyl (C=O) groups is 1. The minimum atomic E-state index is -3.90. The molecule has 0 spiro atoms. The summed E-state index contributed by atoms with van der Waals surface area (Å²) in [6.45, 7) is 3.36. The molecule has 1 amide bonds. The molecule has 0 aliphatic heterocycles. The number of thiazole rings is 1. The lowest BCUT2D eigenvalue weighted by Crippen LogP contribution is -2.48. The van der Waals surface area contributed by atoms with E-state index in [1.54, 1.807) is 19.9 Å². The molecule has 2 rings (SSSR count). The first-order valence-corrected chi connectivity index (χ1v) is 10.2. The summed E-state index contributed by atoms with van der Waals surface area (Å²) in [4.78, 5) is 16.0. The Morgan fingerprint density at radius 3 is 2.65 bits per heavy atom. The lowest BCUT2D eigenvalue weighted by Gasteiger charge is -2.20. The van der Waals surface area contributed by atoms with Crippen LogP contribution in [0.4, 0.5) is 0 Å². The Morgan fingerprint density at radius 2 is 2.09 bits per heavy atom. The van der Waals surface area contributed by atoms with E-state index >= 15 is 0 Å². The van der Waals surface area contributed by atoms with Crippen molar-refractivity contribution in [3.8, 4) is 0 Å². The second-order valence-corrected chi connectivity index (χ2v) is 8.93. The number of nitrogens with one attached hydrogen (secondary N) is 2. The summed E-state index contributed by atoms with van der Waals surface area (Å²) < 4.78 is 28.9. The predicted molar refractivity (Wildman–Crippen MR) is 90.3 cm³/mol. The highest BCUT2D eigenvalue weighted by Crippen LogP contribution is 2.29. The lowest BCUT2D eigenvalue weighted by molar-refractivity contribution is -0.131. The zero-order valence-electron chi connectivity index (χ0n) is 12.7. The van der Waals surface area contributed by atoms with Gasteiger partial charge in [0.05, 0.1) is 15.1 Å². The zero-order chi connectivity index (χ0) is 17.2. The van der Waals surface area contributed by atoms with E-state index in [0.717, 1.165) is 14.6 Å². The molecule has 0 aliphatic rings. The average Bonchev–Trinajstić information content (AvgIpc) is 2.93. The first-order chi connectivity index (χ1) is 10.8. The van der Waals surface area contributed by atoms with Gasteiger partial charge in [-0.1, -0.05) is 25.6 Å². The molecule has 7 nitrogen and oxygen atoms in total. The molecule has 0 saturated carbocycles. The van der Waals surface area contributed by atoms with E-state index in [-0.39, 0.29) is 10.8 Å². The molecule has 0 saturated heterocycles. The zero-order valence-corrected chi connectivity index (χ0v) is 15.2. The van der Waals surface area contributed by atoms with Gasteiger partial charge in [0.2, 0.25) is 10.0 Å². The van der Waals surface area contributed by atoms with Crippen molar-refractivity contribution in [2.45, 2.75) is 29.1 Å². The van der Waals surface area contributed by atoms with Crippen LogP contribution in [0.1, 0.15) is 13.8 Å². The fraction of sp³-hybridized carbons (Fsp3) is 0.385. The summed E-state index contributed by atoms with van der Waals surface area (Å²) in [7, 11) is -3.90. The molecule has 1 aromatic heterocycles. The van der Waals surface area contributed by atoms with E-state index in [0.29, 0.717) is 0 Å². The third-order valence-corrected chi connectivity index (χ3v) is 6.61. The monoisotopic (exact) mass is 375 g/mol. The van der Waals surface area contributed by atoms with Gasteiger partial charge in [0.25, 0.3) is 5.91 Å². The van der Waals surface area contributed by atoms with Crippen LogP contribution in [0.15, 0.2) is 27.4 Å². The number of thioether (sulfide) groups is 1. The molecule has 3 N–H and O–H groups in total. The normalized spacial score (nSPS) is 13.4. The summed E-state index contributed by atoms with van der Waals surface area (Å²) in [5, 5.41) is 8.75. The minimum absolute atomic E-state index is 0.0534. The van der Waals surface area contributed by atoms with Crippen LogP contribution in [0.2, 0.25) is 0 Å². The van der Waals surface area contributed by atoms with Gasteiger partial charge in [-0.2, -0.15) is 4.72 Å². The van der Waals surface area contributed by atoms with Crippen molar-refractivity contribution in [3.05, 3.63) is 18.2 Å². The Morgan fingerprint density at radius 1 is 1.39 bits per heavy atom. The van der Waals surface area contributed by atoms with Gasteiger partial charge in [-0.3, -0.25) is 10.0 Å². The number of aromatic nitrogens is 1. The Bertz CT molecular complexity index is 817. The number of amides is 1. The van der Waals surface area contributed by atoms with Gasteiger partial charge in [-0.15, -0.1) is 11.3 Å². The van der Waals surface area contributed by atoms with Gasteiger partial charge in [0.1, 0.15) is 6.04 Å². The van der Waals surface area contributed by atoms with Crippen molar-refractivity contribution in [3.63, 3.8) is 0 Å². The molecule has 0 bridgehead atoms. The van der Waals surface area contributed by atoms with Crippen molar-refractivity contribution in [1.29, 1.82) is 0 Å². The summed E-state index contributed by atoms with van der Waals surface area (Å²) in [6.07, 6.45) is 1.90. The third-order valence-electron chi connectivity index (χ3n) is 3.17. The Labute approximate surface area is 142 Å². The van der Waals surface area contributed by atoms with Crippen LogP contribution in [0.5, 0.6) is 0 Å². The molecular weight excluding hydrogens is 358 g/mol. The summed E-state index contributed by atoms with van der Waals surface area (Å²) in [5.41, 5.74) is 2.21. The number of sulfonamides is 1. The SMILES string of the molecule is CSc1nc2ccc(S(=O)(=O)N[C@@H](C(=O)NO)C(C)C)cc2s1. The molecule has 10 heteroatoms. The topological polar surface area (TPSA) is 108 Å². The molecule has 1 heterocycles. The van der Waals surface area contributed by atoms with Crippen molar-refractivity contribution in [2.24, 2.45) is 5.92 Å². The molecule has 23 heavy (non-hydrogen) atoms. The van der Waals surface area contributed by atoms with Gasteiger partial charge in [-0.05, 0) is 30.4 Å². The van der Waals surface area contributed by atoms with Gasteiger partial charge in [0.15, 0.2) is 4.34 Å². The Hall–Kier alpha value is -1.20. The largest absolute Gasteiger partial charge is 0.289 e. The van der Waals surface area contributed by atoms with Crippen molar-refractivity contribution < 1.29 is 18.4 Å². The Balaban J connectivity index is 2.36. The molecule has 0 fully saturated rings. The van der Waals surface area contributed by atoms with E-state index in [4.69, 9.17) is 5.21 Å². The predicted octanol–water partition coefficient (Wildman–Crippen LogP) is 1.83. The molecule has 0 aliphatic carbocycles. The van der Waals surface area contributed by atoms with Crippen LogP contribution in [-0.2, 0) is 14.8 Å². The maximum atomic E-state index is 12.5. The van der Waals surface area contributed by atoms with Crippen LogP contribution in [0, 0.1) is 5.92 Å². The van der Waals surface area contributed by atoms with Crippen molar-refractivity contribution in [2.75, 3.05) is 6.26 Å². The molecule has 0 radical (unpaired) electrons. The van der Waals surface area contributed by atoms with Crippen LogP contribution >= 0.6 is 23.1 Å². The maximum Gasteiger partial charge on any atom is 0.261 e. The summed E-state index contributed by atoms with van der Waals surface area (Å²) in [5.74, 6) is -1.13. The summed E-state index contributed by atoms with van der Waals surface area (Å²) >= 11 is 2.89.